The average molecular weight is 437 g/mol. The zero-order chi connectivity index (χ0) is 20.3. The van der Waals surface area contributed by atoms with Gasteiger partial charge >= 0.3 is 0 Å². The van der Waals surface area contributed by atoms with E-state index in [4.69, 9.17) is 4.74 Å². The van der Waals surface area contributed by atoms with Crippen molar-refractivity contribution in [3.63, 3.8) is 0 Å². The van der Waals surface area contributed by atoms with E-state index in [0.29, 0.717) is 45.3 Å². The molecule has 0 radical (unpaired) electrons. The molecule has 2 aliphatic rings. The van der Waals surface area contributed by atoms with Crippen LogP contribution in [-0.4, -0.2) is 67.9 Å². The van der Waals surface area contributed by atoms with Crippen LogP contribution in [0, 0.1) is 12.8 Å². The topological polar surface area (TPSA) is 74.8 Å². The van der Waals surface area contributed by atoms with Crippen LogP contribution < -0.4 is 5.32 Å². The number of thiazole rings is 1. The van der Waals surface area contributed by atoms with Gasteiger partial charge in [-0.3, -0.25) is 0 Å². The second-order valence-electron chi connectivity index (χ2n) is 7.64. The molecule has 2 fully saturated rings. The molecule has 1 aromatic heterocycles. The molecular weight excluding hydrogens is 408 g/mol. The van der Waals surface area contributed by atoms with Gasteiger partial charge < -0.3 is 10.1 Å². The molecule has 7 nitrogen and oxygen atoms in total. The lowest BCUT2D eigenvalue weighted by molar-refractivity contribution is 0.0693. The lowest BCUT2D eigenvalue weighted by Gasteiger charge is -2.36. The first-order chi connectivity index (χ1) is 14.0. The fraction of sp³-hybridized carbons (Fsp3) is 0.550. The van der Waals surface area contributed by atoms with E-state index in [0.717, 1.165) is 29.4 Å². The molecule has 0 aliphatic carbocycles. The van der Waals surface area contributed by atoms with E-state index in [2.05, 4.69) is 41.5 Å². The predicted molar refractivity (Wildman–Crippen MR) is 116 cm³/mol. The number of ether oxygens (including phenoxy) is 1. The van der Waals surface area contributed by atoms with E-state index in [1.165, 1.54) is 11.1 Å². The monoisotopic (exact) mass is 436 g/mol. The van der Waals surface area contributed by atoms with E-state index in [1.807, 2.05) is 6.20 Å². The van der Waals surface area contributed by atoms with Crippen LogP contribution in [-0.2, 0) is 14.9 Å². The first-order valence-corrected chi connectivity index (χ1v) is 12.3. The van der Waals surface area contributed by atoms with Gasteiger partial charge in [0, 0.05) is 38.9 Å². The standard InChI is InChI=1S/C20H28N4O3S2/c1-16-3-2-4-18(13-16)19-15-22-20(28-19)21-14-17-5-7-23(8-6-17)29(25,26)24-9-11-27-12-10-24/h2-4,13,15,17H,5-12,14H2,1H3,(H,21,22). The summed E-state index contributed by atoms with van der Waals surface area (Å²) in [5.41, 5.74) is 2.43. The van der Waals surface area contributed by atoms with Gasteiger partial charge in [0.15, 0.2) is 5.13 Å². The molecule has 3 heterocycles. The third kappa shape index (κ3) is 4.97. The second kappa shape index (κ2) is 9.09. The highest BCUT2D eigenvalue weighted by Crippen LogP contribution is 2.30. The molecule has 2 saturated heterocycles. The Morgan fingerprint density at radius 2 is 1.90 bits per heavy atom. The lowest BCUT2D eigenvalue weighted by atomic mass is 9.98. The Hall–Kier alpha value is -1.52. The molecule has 0 saturated carbocycles. The maximum atomic E-state index is 12.8. The second-order valence-corrected chi connectivity index (χ2v) is 10.6. The smallest absolute Gasteiger partial charge is 0.282 e. The zero-order valence-corrected chi connectivity index (χ0v) is 18.3. The Bertz CT molecular complexity index is 917. The van der Waals surface area contributed by atoms with Gasteiger partial charge in [0.25, 0.3) is 10.2 Å². The molecule has 0 spiro atoms. The molecule has 9 heteroatoms. The average Bonchev–Trinajstić information content (AvgIpc) is 3.22. The van der Waals surface area contributed by atoms with Crippen molar-refractivity contribution >= 4 is 26.7 Å². The molecule has 1 N–H and O–H groups in total. The molecule has 2 aliphatic heterocycles. The van der Waals surface area contributed by atoms with Gasteiger partial charge in [0.1, 0.15) is 0 Å². The molecule has 0 amide bonds. The van der Waals surface area contributed by atoms with Gasteiger partial charge in [0.05, 0.1) is 18.1 Å². The molecule has 2 aromatic rings. The Kier molecular flexibility index (Phi) is 6.50. The number of benzene rings is 1. The summed E-state index contributed by atoms with van der Waals surface area (Å²) in [6.07, 6.45) is 3.65. The molecule has 1 aromatic carbocycles. The maximum Gasteiger partial charge on any atom is 0.282 e. The quantitative estimate of drug-likeness (QED) is 0.754. The number of piperidine rings is 1. The molecule has 0 atom stereocenters. The molecular formula is C20H28N4O3S2. The SMILES string of the molecule is Cc1cccc(-c2cnc(NCC3CCN(S(=O)(=O)N4CCOCC4)CC3)s2)c1. The highest BCUT2D eigenvalue weighted by molar-refractivity contribution is 7.86. The van der Waals surface area contributed by atoms with Crippen molar-refractivity contribution in [2.45, 2.75) is 19.8 Å². The van der Waals surface area contributed by atoms with Crippen molar-refractivity contribution in [3.05, 3.63) is 36.0 Å². The number of nitrogens with one attached hydrogen (secondary N) is 1. The number of anilines is 1. The highest BCUT2D eigenvalue weighted by Gasteiger charge is 2.33. The third-order valence-electron chi connectivity index (χ3n) is 5.55. The Morgan fingerprint density at radius 1 is 1.17 bits per heavy atom. The van der Waals surface area contributed by atoms with Crippen LogP contribution in [0.15, 0.2) is 30.5 Å². The number of morpholine rings is 1. The minimum atomic E-state index is -3.35. The largest absolute Gasteiger partial charge is 0.379 e. The Labute approximate surface area is 176 Å². The summed E-state index contributed by atoms with van der Waals surface area (Å²) >= 11 is 1.66. The van der Waals surface area contributed by atoms with Crippen LogP contribution >= 0.6 is 11.3 Å². The summed E-state index contributed by atoms with van der Waals surface area (Å²) in [6.45, 7) is 5.96. The van der Waals surface area contributed by atoms with Crippen LogP contribution in [0.4, 0.5) is 5.13 Å². The number of hydrogen-bond acceptors (Lipinski definition) is 6. The van der Waals surface area contributed by atoms with E-state index in [1.54, 1.807) is 19.9 Å². The Balaban J connectivity index is 1.27. The van der Waals surface area contributed by atoms with Crippen molar-refractivity contribution in [3.8, 4) is 10.4 Å². The van der Waals surface area contributed by atoms with E-state index in [9.17, 15) is 8.42 Å². The van der Waals surface area contributed by atoms with Crippen LogP contribution in [0.5, 0.6) is 0 Å². The van der Waals surface area contributed by atoms with E-state index in [-0.39, 0.29) is 0 Å². The van der Waals surface area contributed by atoms with Crippen LogP contribution in [0.25, 0.3) is 10.4 Å². The lowest BCUT2D eigenvalue weighted by Crippen LogP contribution is -2.51. The highest BCUT2D eigenvalue weighted by atomic mass is 32.2. The number of rotatable bonds is 6. The van der Waals surface area contributed by atoms with E-state index >= 15 is 0 Å². The van der Waals surface area contributed by atoms with Gasteiger partial charge in [-0.15, -0.1) is 0 Å². The summed E-state index contributed by atoms with van der Waals surface area (Å²) in [4.78, 5) is 5.66. The first kappa shape index (κ1) is 20.7. The van der Waals surface area contributed by atoms with Crippen LogP contribution in [0.1, 0.15) is 18.4 Å². The number of nitrogens with zero attached hydrogens (tertiary/aromatic N) is 3. The summed E-state index contributed by atoms with van der Waals surface area (Å²) < 4.78 is 34.0. The zero-order valence-electron chi connectivity index (χ0n) is 16.7. The van der Waals surface area contributed by atoms with Gasteiger partial charge in [-0.05, 0) is 31.2 Å². The number of aryl methyl sites for hydroxylation is 1. The Morgan fingerprint density at radius 3 is 2.62 bits per heavy atom. The molecule has 158 valence electrons. The summed E-state index contributed by atoms with van der Waals surface area (Å²) in [5, 5.41) is 4.37. The fourth-order valence-corrected chi connectivity index (χ4v) is 6.23. The minimum Gasteiger partial charge on any atom is -0.379 e. The number of hydrogen-bond donors (Lipinski definition) is 1. The molecule has 4 rings (SSSR count). The minimum absolute atomic E-state index is 0.455. The number of aromatic nitrogens is 1. The van der Waals surface area contributed by atoms with Gasteiger partial charge in [-0.25, -0.2) is 4.98 Å². The normalized spacial score (nSPS) is 20.0. The summed E-state index contributed by atoms with van der Waals surface area (Å²) in [5.74, 6) is 0.456. The van der Waals surface area contributed by atoms with Crippen LogP contribution in [0.3, 0.4) is 0 Å². The molecule has 0 unspecified atom stereocenters. The maximum absolute atomic E-state index is 12.8. The van der Waals surface area contributed by atoms with Gasteiger partial charge in [0.2, 0.25) is 0 Å². The van der Waals surface area contributed by atoms with E-state index < -0.39 is 10.2 Å². The summed E-state index contributed by atoms with van der Waals surface area (Å²) in [7, 11) is -3.35. The van der Waals surface area contributed by atoms with Crippen molar-refractivity contribution in [1.82, 2.24) is 13.6 Å². The predicted octanol–water partition coefficient (Wildman–Crippen LogP) is 2.82. The summed E-state index contributed by atoms with van der Waals surface area (Å²) in [6, 6.07) is 8.43. The van der Waals surface area contributed by atoms with Crippen molar-refractivity contribution < 1.29 is 13.2 Å². The third-order valence-corrected chi connectivity index (χ3v) is 8.59. The van der Waals surface area contributed by atoms with Crippen molar-refractivity contribution in [1.29, 1.82) is 0 Å². The first-order valence-electron chi connectivity index (χ1n) is 10.1. The molecule has 29 heavy (non-hydrogen) atoms. The van der Waals surface area contributed by atoms with Gasteiger partial charge in [-0.1, -0.05) is 41.2 Å². The van der Waals surface area contributed by atoms with Crippen molar-refractivity contribution in [2.24, 2.45) is 5.92 Å². The van der Waals surface area contributed by atoms with Gasteiger partial charge in [-0.2, -0.15) is 17.0 Å². The molecule has 0 bridgehead atoms. The van der Waals surface area contributed by atoms with Crippen molar-refractivity contribution in [2.75, 3.05) is 51.3 Å². The fourth-order valence-electron chi connectivity index (χ4n) is 3.80. The van der Waals surface area contributed by atoms with Crippen LogP contribution in [0.2, 0.25) is 0 Å².